The van der Waals surface area contributed by atoms with Crippen LogP contribution >= 0.6 is 11.3 Å². The van der Waals surface area contributed by atoms with Crippen molar-refractivity contribution in [2.75, 3.05) is 26.2 Å². The van der Waals surface area contributed by atoms with Crippen LogP contribution in [0.1, 0.15) is 47.6 Å². The summed E-state index contributed by atoms with van der Waals surface area (Å²) < 4.78 is 13.6. The lowest BCUT2D eigenvalue weighted by Crippen LogP contribution is -2.46. The Labute approximate surface area is 165 Å². The number of aryl methyl sites for hydroxylation is 2. The monoisotopic (exact) mass is 389 g/mol. The molecule has 1 saturated heterocycles. The first-order valence-electron chi connectivity index (χ1n) is 9.71. The molecule has 0 spiro atoms. The predicted octanol–water partition coefficient (Wildman–Crippen LogP) is 4.51. The van der Waals surface area contributed by atoms with E-state index in [1.165, 1.54) is 23.5 Å². The quantitative estimate of drug-likeness (QED) is 0.755. The van der Waals surface area contributed by atoms with Crippen molar-refractivity contribution in [2.24, 2.45) is 0 Å². The fourth-order valence-corrected chi connectivity index (χ4v) is 4.97. The molecule has 1 aromatic heterocycles. The van der Waals surface area contributed by atoms with E-state index < -0.39 is 0 Å². The third-order valence-electron chi connectivity index (χ3n) is 5.50. The second kappa shape index (κ2) is 8.48. The van der Waals surface area contributed by atoms with Gasteiger partial charge in [0.25, 0.3) is 5.91 Å². The number of likely N-dealkylation sites (tertiary alicyclic amines) is 1. The lowest BCUT2D eigenvalue weighted by Gasteiger charge is -2.37. The van der Waals surface area contributed by atoms with Crippen molar-refractivity contribution in [3.63, 3.8) is 0 Å². The number of carbonyl (C=O) groups excluding carboxylic acids is 1. The highest BCUT2D eigenvalue weighted by Crippen LogP contribution is 2.32. The Hall–Kier alpha value is -1.79. The topological polar surface area (TPSA) is 36.4 Å². The zero-order valence-corrected chi connectivity index (χ0v) is 17.4. The molecule has 0 N–H and O–H groups in total. The van der Waals surface area contributed by atoms with Crippen LogP contribution in [0.25, 0.3) is 10.6 Å². The molecule has 0 atom stereocenters. The van der Waals surface area contributed by atoms with Crippen LogP contribution in [0.5, 0.6) is 0 Å². The maximum atomic E-state index is 13.6. The van der Waals surface area contributed by atoms with Crippen LogP contribution in [0, 0.1) is 19.7 Å². The van der Waals surface area contributed by atoms with Crippen molar-refractivity contribution in [3.05, 3.63) is 40.2 Å². The third kappa shape index (κ3) is 4.22. The maximum Gasteiger partial charge on any atom is 0.265 e. The Balaban J connectivity index is 1.75. The van der Waals surface area contributed by atoms with Gasteiger partial charge in [-0.25, -0.2) is 9.37 Å². The number of nitrogens with zero attached hydrogens (tertiary/aromatic N) is 3. The largest absolute Gasteiger partial charge is 0.338 e. The van der Waals surface area contributed by atoms with Crippen molar-refractivity contribution in [1.29, 1.82) is 0 Å². The van der Waals surface area contributed by atoms with E-state index in [0.29, 0.717) is 15.9 Å². The first-order chi connectivity index (χ1) is 12.9. The Bertz CT molecular complexity index is 808. The van der Waals surface area contributed by atoms with Gasteiger partial charge in [-0.05, 0) is 57.5 Å². The predicted molar refractivity (Wildman–Crippen MR) is 109 cm³/mol. The van der Waals surface area contributed by atoms with Crippen LogP contribution < -0.4 is 0 Å². The van der Waals surface area contributed by atoms with Gasteiger partial charge in [0.1, 0.15) is 15.7 Å². The number of benzene rings is 1. The summed E-state index contributed by atoms with van der Waals surface area (Å²) in [7, 11) is 0. The molecule has 1 aromatic carbocycles. The third-order valence-corrected chi connectivity index (χ3v) is 6.68. The molecule has 3 rings (SSSR count). The summed E-state index contributed by atoms with van der Waals surface area (Å²) in [4.78, 5) is 22.7. The summed E-state index contributed by atoms with van der Waals surface area (Å²) in [6, 6.07) is 5.26. The molecule has 27 heavy (non-hydrogen) atoms. The van der Waals surface area contributed by atoms with Gasteiger partial charge >= 0.3 is 0 Å². The van der Waals surface area contributed by atoms with Crippen LogP contribution in [0.2, 0.25) is 0 Å². The number of halogens is 1. The van der Waals surface area contributed by atoms with Crippen molar-refractivity contribution in [2.45, 2.75) is 46.6 Å². The summed E-state index contributed by atoms with van der Waals surface area (Å²) in [5.74, 6) is -0.224. The van der Waals surface area contributed by atoms with Gasteiger partial charge in [-0.2, -0.15) is 0 Å². The van der Waals surface area contributed by atoms with Crippen LogP contribution in [0.4, 0.5) is 4.39 Å². The molecule has 0 bridgehead atoms. The van der Waals surface area contributed by atoms with Crippen molar-refractivity contribution < 1.29 is 9.18 Å². The Kier molecular flexibility index (Phi) is 6.27. The fraction of sp³-hybridized carbons (Fsp3) is 0.524. The molecule has 1 aliphatic rings. The van der Waals surface area contributed by atoms with Gasteiger partial charge in [0, 0.05) is 24.7 Å². The van der Waals surface area contributed by atoms with E-state index in [9.17, 15) is 9.18 Å². The molecular weight excluding hydrogens is 361 g/mol. The fourth-order valence-electron chi connectivity index (χ4n) is 3.85. The highest BCUT2D eigenvalue weighted by atomic mass is 32.1. The molecule has 0 unspecified atom stereocenters. The van der Waals surface area contributed by atoms with E-state index in [1.54, 1.807) is 6.07 Å². The normalized spacial score (nSPS) is 15.6. The van der Waals surface area contributed by atoms with Gasteiger partial charge in [-0.1, -0.05) is 19.9 Å². The number of amides is 1. The number of piperidine rings is 1. The van der Waals surface area contributed by atoms with Crippen LogP contribution in [0.15, 0.2) is 18.2 Å². The van der Waals surface area contributed by atoms with Crippen LogP contribution in [-0.4, -0.2) is 52.9 Å². The molecule has 2 heterocycles. The molecule has 2 aromatic rings. The van der Waals surface area contributed by atoms with Gasteiger partial charge < -0.3 is 9.80 Å². The molecule has 0 saturated carbocycles. The number of thiazole rings is 1. The van der Waals surface area contributed by atoms with Gasteiger partial charge in [0.2, 0.25) is 0 Å². The highest BCUT2D eigenvalue weighted by molar-refractivity contribution is 7.17. The van der Waals surface area contributed by atoms with E-state index >= 15 is 0 Å². The Morgan fingerprint density at radius 3 is 2.56 bits per heavy atom. The minimum absolute atomic E-state index is 0.0586. The molecule has 6 heteroatoms. The molecule has 1 fully saturated rings. The maximum absolute atomic E-state index is 13.6. The summed E-state index contributed by atoms with van der Waals surface area (Å²) in [6.07, 6.45) is 2.03. The summed E-state index contributed by atoms with van der Waals surface area (Å²) in [5.41, 5.74) is 2.46. The van der Waals surface area contributed by atoms with E-state index in [4.69, 9.17) is 0 Å². The highest BCUT2D eigenvalue weighted by Gasteiger charge is 2.28. The van der Waals surface area contributed by atoms with Gasteiger partial charge in [0.15, 0.2) is 0 Å². The van der Waals surface area contributed by atoms with Crippen LogP contribution in [-0.2, 0) is 0 Å². The average molecular weight is 390 g/mol. The molecule has 4 nitrogen and oxygen atoms in total. The lowest BCUT2D eigenvalue weighted by molar-refractivity contribution is 0.0635. The lowest BCUT2D eigenvalue weighted by atomic mass is 10.0. The smallest absolute Gasteiger partial charge is 0.265 e. The minimum Gasteiger partial charge on any atom is -0.338 e. The van der Waals surface area contributed by atoms with Crippen LogP contribution in [0.3, 0.4) is 0 Å². The number of carbonyl (C=O) groups is 1. The molecule has 1 amide bonds. The van der Waals surface area contributed by atoms with Gasteiger partial charge in [-0.3, -0.25) is 4.79 Å². The number of aromatic nitrogens is 1. The van der Waals surface area contributed by atoms with E-state index in [-0.39, 0.29) is 11.7 Å². The van der Waals surface area contributed by atoms with Crippen molar-refractivity contribution in [3.8, 4) is 10.6 Å². The standard InChI is InChI=1S/C21H28FN3OS/c1-5-24(6-2)17-9-11-25(12-10-17)21(26)19-15(4)23-20(27-19)18-13-16(22)8-7-14(18)3/h7-8,13,17H,5-6,9-12H2,1-4H3. The van der Waals surface area contributed by atoms with E-state index in [0.717, 1.165) is 55.8 Å². The molecule has 0 radical (unpaired) electrons. The Morgan fingerprint density at radius 2 is 1.93 bits per heavy atom. The molecule has 1 aliphatic heterocycles. The van der Waals surface area contributed by atoms with Crippen molar-refractivity contribution >= 4 is 17.2 Å². The molecular formula is C21H28FN3OS. The van der Waals surface area contributed by atoms with E-state index in [2.05, 4.69) is 23.7 Å². The molecule has 0 aliphatic carbocycles. The van der Waals surface area contributed by atoms with Gasteiger partial charge in [0.05, 0.1) is 5.69 Å². The SMILES string of the molecule is CCN(CC)C1CCN(C(=O)c2sc(-c3cc(F)ccc3C)nc2C)CC1. The minimum atomic E-state index is -0.283. The second-order valence-electron chi connectivity index (χ2n) is 7.14. The summed E-state index contributed by atoms with van der Waals surface area (Å²) in [6.45, 7) is 11.9. The summed E-state index contributed by atoms with van der Waals surface area (Å²) >= 11 is 1.37. The first-order valence-corrected chi connectivity index (χ1v) is 10.5. The first kappa shape index (κ1) is 20.0. The zero-order valence-electron chi connectivity index (χ0n) is 16.6. The second-order valence-corrected chi connectivity index (χ2v) is 8.14. The number of rotatable bonds is 5. The Morgan fingerprint density at radius 1 is 1.26 bits per heavy atom. The van der Waals surface area contributed by atoms with Crippen molar-refractivity contribution in [1.82, 2.24) is 14.8 Å². The zero-order chi connectivity index (χ0) is 19.6. The average Bonchev–Trinajstić information content (AvgIpc) is 3.06. The van der Waals surface area contributed by atoms with E-state index in [1.807, 2.05) is 18.7 Å². The molecule has 146 valence electrons. The number of hydrogen-bond acceptors (Lipinski definition) is 4. The number of hydrogen-bond donors (Lipinski definition) is 0. The summed E-state index contributed by atoms with van der Waals surface area (Å²) in [5, 5.41) is 0.714. The van der Waals surface area contributed by atoms with Gasteiger partial charge in [-0.15, -0.1) is 11.3 Å².